The molecule has 174 valence electrons. The summed E-state index contributed by atoms with van der Waals surface area (Å²) in [6.07, 6.45) is -3.00. The average molecular weight is 460 g/mol. The fourth-order valence-corrected chi connectivity index (χ4v) is 4.35. The van der Waals surface area contributed by atoms with Gasteiger partial charge in [0.2, 0.25) is 0 Å². The van der Waals surface area contributed by atoms with Gasteiger partial charge in [-0.15, -0.1) is 5.10 Å². The van der Waals surface area contributed by atoms with Crippen molar-refractivity contribution in [3.8, 4) is 11.4 Å². The van der Waals surface area contributed by atoms with Crippen LogP contribution in [0.1, 0.15) is 35.8 Å². The van der Waals surface area contributed by atoms with E-state index in [1.807, 2.05) is 35.1 Å². The summed E-state index contributed by atoms with van der Waals surface area (Å²) >= 11 is 0. The van der Waals surface area contributed by atoms with Gasteiger partial charge in [0.05, 0.1) is 5.69 Å². The van der Waals surface area contributed by atoms with Crippen LogP contribution in [0.3, 0.4) is 0 Å². The summed E-state index contributed by atoms with van der Waals surface area (Å²) in [5, 5.41) is 33.8. The number of alkyl halides is 3. The number of nitrogens with one attached hydrogen (secondary N) is 1. The number of piperidine rings is 1. The van der Waals surface area contributed by atoms with Crippen molar-refractivity contribution >= 4 is 7.05 Å². The normalized spacial score (nSPS) is 19.5. The van der Waals surface area contributed by atoms with Crippen LogP contribution in [0.4, 0.5) is 13.2 Å². The molecule has 2 heterocycles. The predicted octanol–water partition coefficient (Wildman–Crippen LogP) is 2.79. The molecule has 0 bridgehead atoms. The number of aromatic hydroxyl groups is 1. The zero-order chi connectivity index (χ0) is 23.6. The Bertz CT molecular complexity index is 1080. The highest BCUT2D eigenvalue weighted by Crippen LogP contribution is 2.33. The largest absolute Gasteiger partial charge is 0.508 e. The molecule has 0 spiro atoms. The summed E-state index contributed by atoms with van der Waals surface area (Å²) < 4.78 is 40.2. The first-order valence-electron chi connectivity index (χ1n) is 10.7. The standard InChI is InChI=1S/C21H24BF3N6O2/c1-22(33)30-11-5-8-17(19(30)14-6-3-2-4-7-14)26-13-15-12-16(9-10-18(15)32)31-20(21(23,24)25)27-28-29-31/h2-4,6-7,9-10,12,17,19,26,32-33H,5,8,11,13H2,1H3. The van der Waals surface area contributed by atoms with Gasteiger partial charge in [-0.05, 0) is 60.4 Å². The van der Waals surface area contributed by atoms with E-state index in [4.69, 9.17) is 0 Å². The van der Waals surface area contributed by atoms with Crippen LogP contribution in [-0.4, -0.2) is 54.8 Å². The second kappa shape index (κ2) is 9.50. The molecule has 8 nitrogen and oxygen atoms in total. The van der Waals surface area contributed by atoms with E-state index in [9.17, 15) is 23.3 Å². The van der Waals surface area contributed by atoms with Crippen molar-refractivity contribution in [3.63, 3.8) is 0 Å². The fourth-order valence-electron chi connectivity index (χ4n) is 4.35. The fraction of sp³-hybridized carbons (Fsp3) is 0.381. The lowest BCUT2D eigenvalue weighted by Gasteiger charge is -2.43. The minimum Gasteiger partial charge on any atom is -0.508 e. The summed E-state index contributed by atoms with van der Waals surface area (Å²) in [5.41, 5.74) is 1.56. The smallest absolute Gasteiger partial charge is 0.453 e. The van der Waals surface area contributed by atoms with Crippen LogP contribution in [0, 0.1) is 0 Å². The van der Waals surface area contributed by atoms with E-state index in [0.29, 0.717) is 10.2 Å². The number of rotatable bonds is 6. The van der Waals surface area contributed by atoms with E-state index in [-0.39, 0.29) is 30.1 Å². The molecule has 3 N–H and O–H groups in total. The van der Waals surface area contributed by atoms with Gasteiger partial charge in [-0.25, -0.2) is 0 Å². The maximum Gasteiger partial charge on any atom is 0.453 e. The summed E-state index contributed by atoms with van der Waals surface area (Å²) in [6.45, 7) is 2.69. The summed E-state index contributed by atoms with van der Waals surface area (Å²) in [6, 6.07) is 13.8. The van der Waals surface area contributed by atoms with Crippen LogP contribution in [0.25, 0.3) is 5.69 Å². The number of phenols is 1. The second-order valence-corrected chi connectivity index (χ2v) is 8.08. The third kappa shape index (κ3) is 5.02. The predicted molar refractivity (Wildman–Crippen MR) is 115 cm³/mol. The molecule has 0 amide bonds. The molecule has 1 aromatic heterocycles. The van der Waals surface area contributed by atoms with Crippen LogP contribution in [-0.2, 0) is 12.7 Å². The molecule has 33 heavy (non-hydrogen) atoms. The highest BCUT2D eigenvalue weighted by molar-refractivity contribution is 6.45. The third-order valence-corrected chi connectivity index (χ3v) is 5.88. The molecular weight excluding hydrogens is 436 g/mol. The lowest BCUT2D eigenvalue weighted by atomic mass is 9.76. The van der Waals surface area contributed by atoms with Gasteiger partial charge in [-0.2, -0.15) is 17.9 Å². The molecule has 2 aromatic carbocycles. The van der Waals surface area contributed by atoms with Crippen molar-refractivity contribution in [2.24, 2.45) is 0 Å². The zero-order valence-electron chi connectivity index (χ0n) is 17.9. The Balaban J connectivity index is 1.58. The first-order valence-corrected chi connectivity index (χ1v) is 10.7. The molecule has 0 radical (unpaired) electrons. The molecule has 12 heteroatoms. The highest BCUT2D eigenvalue weighted by Gasteiger charge is 2.39. The Labute approximate surface area is 189 Å². The molecule has 2 atom stereocenters. The number of hydrogen-bond donors (Lipinski definition) is 3. The zero-order valence-corrected chi connectivity index (χ0v) is 17.9. The molecule has 1 fully saturated rings. The minimum absolute atomic E-state index is 0.0439. The van der Waals surface area contributed by atoms with Crippen LogP contribution >= 0.6 is 0 Å². The van der Waals surface area contributed by atoms with E-state index in [1.54, 1.807) is 6.82 Å². The van der Waals surface area contributed by atoms with Crippen molar-refractivity contribution in [1.29, 1.82) is 0 Å². The summed E-state index contributed by atoms with van der Waals surface area (Å²) in [7, 11) is -0.642. The number of aromatic nitrogens is 4. The number of hydrogen-bond acceptors (Lipinski definition) is 7. The van der Waals surface area contributed by atoms with Crippen molar-refractivity contribution in [2.75, 3.05) is 6.54 Å². The molecular formula is C21H24BF3N6O2. The van der Waals surface area contributed by atoms with Crippen LogP contribution in [0.2, 0.25) is 6.82 Å². The van der Waals surface area contributed by atoms with Gasteiger partial charge in [0.25, 0.3) is 5.82 Å². The van der Waals surface area contributed by atoms with Gasteiger partial charge >= 0.3 is 13.2 Å². The highest BCUT2D eigenvalue weighted by atomic mass is 19.4. The Kier molecular flexibility index (Phi) is 6.68. The van der Waals surface area contributed by atoms with Gasteiger partial charge < -0.3 is 20.3 Å². The lowest BCUT2D eigenvalue weighted by Crippen LogP contribution is -2.52. The lowest BCUT2D eigenvalue weighted by molar-refractivity contribution is -0.146. The Morgan fingerprint density at radius 1 is 1.18 bits per heavy atom. The quantitative estimate of drug-likeness (QED) is 0.487. The molecule has 2 unspecified atom stereocenters. The van der Waals surface area contributed by atoms with Crippen LogP contribution in [0.15, 0.2) is 48.5 Å². The maximum atomic E-state index is 13.2. The molecule has 1 saturated heterocycles. The third-order valence-electron chi connectivity index (χ3n) is 5.88. The van der Waals surface area contributed by atoms with Gasteiger partial charge in [0, 0.05) is 24.2 Å². The van der Waals surface area contributed by atoms with E-state index < -0.39 is 19.1 Å². The first-order chi connectivity index (χ1) is 15.8. The molecule has 1 aliphatic heterocycles. The maximum absolute atomic E-state index is 13.2. The Morgan fingerprint density at radius 3 is 2.64 bits per heavy atom. The Hall–Kier alpha value is -2.96. The van der Waals surface area contributed by atoms with Crippen LogP contribution < -0.4 is 5.32 Å². The number of tetrazole rings is 1. The summed E-state index contributed by atoms with van der Waals surface area (Å²) in [4.78, 5) is 2.02. The number of halogens is 3. The SMILES string of the molecule is CB(O)N1CCCC(NCc2cc(-n3nnnc3C(F)(F)F)ccc2O)C1c1ccccc1. The van der Waals surface area contributed by atoms with Gasteiger partial charge in [-0.3, -0.25) is 0 Å². The van der Waals surface area contributed by atoms with E-state index in [1.165, 1.54) is 18.2 Å². The van der Waals surface area contributed by atoms with Crippen LogP contribution in [0.5, 0.6) is 5.75 Å². The van der Waals surface area contributed by atoms with Crippen molar-refractivity contribution in [3.05, 3.63) is 65.5 Å². The van der Waals surface area contributed by atoms with Crippen molar-refractivity contribution in [2.45, 2.75) is 44.5 Å². The Morgan fingerprint density at radius 2 is 1.94 bits per heavy atom. The topological polar surface area (TPSA) is 99.3 Å². The second-order valence-electron chi connectivity index (χ2n) is 8.08. The number of nitrogens with zero attached hydrogens (tertiary/aromatic N) is 5. The van der Waals surface area contributed by atoms with Crippen molar-refractivity contribution < 1.29 is 23.3 Å². The van der Waals surface area contributed by atoms with E-state index in [2.05, 4.69) is 20.8 Å². The first kappa shape index (κ1) is 23.2. The van der Waals surface area contributed by atoms with Gasteiger partial charge in [-0.1, -0.05) is 30.3 Å². The van der Waals surface area contributed by atoms with E-state index >= 15 is 0 Å². The summed E-state index contributed by atoms with van der Waals surface area (Å²) in [5.74, 6) is -1.29. The molecule has 0 aliphatic carbocycles. The monoisotopic (exact) mass is 460 g/mol. The molecule has 1 aliphatic rings. The van der Waals surface area contributed by atoms with Gasteiger partial charge in [0.15, 0.2) is 0 Å². The van der Waals surface area contributed by atoms with Gasteiger partial charge in [0.1, 0.15) is 5.75 Å². The molecule has 0 saturated carbocycles. The molecule has 3 aromatic rings. The van der Waals surface area contributed by atoms with E-state index in [0.717, 1.165) is 24.9 Å². The van der Waals surface area contributed by atoms with Crippen molar-refractivity contribution in [1.82, 2.24) is 30.3 Å². The number of benzene rings is 2. The minimum atomic E-state index is -4.71. The number of phenolic OH excluding ortho intramolecular Hbond substituents is 1. The average Bonchev–Trinajstić information content (AvgIpc) is 3.29. The molecule has 4 rings (SSSR count).